The van der Waals surface area contributed by atoms with Crippen molar-refractivity contribution in [3.05, 3.63) is 18.2 Å². The summed E-state index contributed by atoms with van der Waals surface area (Å²) in [5.74, 6) is -1.94. The molecule has 18 heavy (non-hydrogen) atoms. The maximum Gasteiger partial charge on any atom is 0.316 e. The molecule has 1 heterocycles. The Balaban J connectivity index is 2.81. The van der Waals surface area contributed by atoms with Crippen molar-refractivity contribution in [3.63, 3.8) is 0 Å². The average molecular weight is 253 g/mol. The number of carbonyl (C=O) groups excluding carboxylic acids is 1. The minimum atomic E-state index is -1.10. The van der Waals surface area contributed by atoms with E-state index in [1.54, 1.807) is 40.2 Å². The molecule has 0 aliphatic carbocycles. The Bertz CT molecular complexity index is 420. The molecular formula is C12H19N3O3. The number of H-pyrrole nitrogens is 1. The first kappa shape index (κ1) is 14.2. The second-order valence-corrected chi connectivity index (χ2v) is 5.37. The summed E-state index contributed by atoms with van der Waals surface area (Å²) in [7, 11) is 1.58. The number of hydrogen-bond acceptors (Lipinski definition) is 3. The minimum absolute atomic E-state index is 0.270. The van der Waals surface area contributed by atoms with Gasteiger partial charge in [0.2, 0.25) is 5.91 Å². The highest BCUT2D eigenvalue weighted by atomic mass is 16.4. The number of carboxylic acids is 1. The molecule has 6 nitrogen and oxygen atoms in total. The van der Waals surface area contributed by atoms with Gasteiger partial charge in [0.25, 0.3) is 0 Å². The fourth-order valence-corrected chi connectivity index (χ4v) is 1.75. The molecule has 1 unspecified atom stereocenters. The molecule has 1 aromatic heterocycles. The molecule has 1 atom stereocenters. The third kappa shape index (κ3) is 3.32. The molecule has 0 saturated heterocycles. The molecule has 0 aliphatic rings. The van der Waals surface area contributed by atoms with Crippen molar-refractivity contribution in [2.45, 2.75) is 27.3 Å². The van der Waals surface area contributed by atoms with Gasteiger partial charge in [0, 0.05) is 19.4 Å². The van der Waals surface area contributed by atoms with Crippen molar-refractivity contribution in [2.75, 3.05) is 7.05 Å². The Morgan fingerprint density at radius 3 is 2.50 bits per heavy atom. The maximum atomic E-state index is 12.2. The minimum Gasteiger partial charge on any atom is -0.481 e. The number of hydrogen-bond donors (Lipinski definition) is 2. The summed E-state index contributed by atoms with van der Waals surface area (Å²) in [5, 5.41) is 9.18. The standard InChI is InChI=1S/C12H19N3O3/c1-12(2,3)9(11(17)18)10(16)15(4)7-8-13-5-6-14-8/h5-6,9H,7H2,1-4H3,(H,13,14)(H,17,18). The number of aliphatic carboxylic acids is 1. The van der Waals surface area contributed by atoms with E-state index in [4.69, 9.17) is 0 Å². The lowest BCUT2D eigenvalue weighted by molar-refractivity contribution is -0.155. The van der Waals surface area contributed by atoms with E-state index >= 15 is 0 Å². The highest BCUT2D eigenvalue weighted by Crippen LogP contribution is 2.28. The van der Waals surface area contributed by atoms with E-state index in [0.717, 1.165) is 0 Å². The molecule has 100 valence electrons. The largest absolute Gasteiger partial charge is 0.481 e. The normalized spacial score (nSPS) is 13.1. The van der Waals surface area contributed by atoms with Crippen molar-refractivity contribution >= 4 is 11.9 Å². The predicted octanol–water partition coefficient (Wildman–Crippen LogP) is 1.11. The first-order chi connectivity index (χ1) is 8.23. The van der Waals surface area contributed by atoms with E-state index in [0.29, 0.717) is 5.82 Å². The number of imidazole rings is 1. The summed E-state index contributed by atoms with van der Waals surface area (Å²) in [6.07, 6.45) is 3.25. The molecule has 1 aromatic rings. The molecule has 0 bridgehead atoms. The van der Waals surface area contributed by atoms with Gasteiger partial charge in [-0.3, -0.25) is 9.59 Å². The molecule has 0 spiro atoms. The Morgan fingerprint density at radius 2 is 2.11 bits per heavy atom. The predicted molar refractivity (Wildman–Crippen MR) is 65.6 cm³/mol. The Morgan fingerprint density at radius 1 is 1.50 bits per heavy atom. The van der Waals surface area contributed by atoms with Crippen LogP contribution in [0.15, 0.2) is 12.4 Å². The molecule has 0 saturated carbocycles. The first-order valence-corrected chi connectivity index (χ1v) is 5.69. The fraction of sp³-hybridized carbons (Fsp3) is 0.583. The Hall–Kier alpha value is -1.85. The van der Waals surface area contributed by atoms with Gasteiger partial charge in [0.05, 0.1) is 6.54 Å². The number of nitrogens with zero attached hydrogens (tertiary/aromatic N) is 2. The zero-order chi connectivity index (χ0) is 13.9. The van der Waals surface area contributed by atoms with Crippen molar-refractivity contribution in [1.82, 2.24) is 14.9 Å². The lowest BCUT2D eigenvalue weighted by Crippen LogP contribution is -2.43. The van der Waals surface area contributed by atoms with Crippen molar-refractivity contribution in [2.24, 2.45) is 11.3 Å². The Kier molecular flexibility index (Phi) is 4.11. The molecular weight excluding hydrogens is 234 g/mol. The molecule has 0 aliphatic heterocycles. The van der Waals surface area contributed by atoms with Crippen molar-refractivity contribution in [1.29, 1.82) is 0 Å². The van der Waals surface area contributed by atoms with Gasteiger partial charge in [-0.25, -0.2) is 4.98 Å². The third-order valence-corrected chi connectivity index (χ3v) is 2.68. The molecule has 1 amide bonds. The zero-order valence-electron chi connectivity index (χ0n) is 11.1. The van der Waals surface area contributed by atoms with Gasteiger partial charge in [0.1, 0.15) is 11.7 Å². The van der Waals surface area contributed by atoms with E-state index in [1.807, 2.05) is 0 Å². The van der Waals surface area contributed by atoms with Crippen molar-refractivity contribution in [3.8, 4) is 0 Å². The summed E-state index contributed by atoms with van der Waals surface area (Å²) in [5.41, 5.74) is -0.625. The highest BCUT2D eigenvalue weighted by molar-refractivity contribution is 5.97. The summed E-state index contributed by atoms with van der Waals surface area (Å²) in [4.78, 5) is 31.6. The smallest absolute Gasteiger partial charge is 0.316 e. The quantitative estimate of drug-likeness (QED) is 0.787. The van der Waals surface area contributed by atoms with Crippen LogP contribution in [0.1, 0.15) is 26.6 Å². The highest BCUT2D eigenvalue weighted by Gasteiger charge is 2.39. The first-order valence-electron chi connectivity index (χ1n) is 5.69. The van der Waals surface area contributed by atoms with Crippen LogP contribution in [-0.4, -0.2) is 38.9 Å². The number of aromatic nitrogens is 2. The molecule has 0 aromatic carbocycles. The van der Waals surface area contributed by atoms with Gasteiger partial charge in [-0.1, -0.05) is 20.8 Å². The van der Waals surface area contributed by atoms with Crippen LogP contribution in [0.4, 0.5) is 0 Å². The number of aromatic amines is 1. The van der Waals surface area contributed by atoms with Gasteiger partial charge in [-0.2, -0.15) is 0 Å². The van der Waals surface area contributed by atoms with Gasteiger partial charge >= 0.3 is 5.97 Å². The van der Waals surface area contributed by atoms with Crippen LogP contribution < -0.4 is 0 Å². The average Bonchev–Trinajstić information content (AvgIpc) is 2.67. The second-order valence-electron chi connectivity index (χ2n) is 5.37. The number of nitrogens with one attached hydrogen (secondary N) is 1. The molecule has 0 fully saturated rings. The number of carbonyl (C=O) groups is 2. The van der Waals surface area contributed by atoms with Crippen molar-refractivity contribution < 1.29 is 14.7 Å². The van der Waals surface area contributed by atoms with Crippen LogP contribution >= 0.6 is 0 Å². The number of amides is 1. The molecule has 6 heteroatoms. The van der Waals surface area contributed by atoms with Crippen LogP contribution in [0.5, 0.6) is 0 Å². The lowest BCUT2D eigenvalue weighted by Gasteiger charge is -2.29. The van der Waals surface area contributed by atoms with Crippen LogP contribution in [0.3, 0.4) is 0 Å². The number of rotatable bonds is 4. The summed E-state index contributed by atoms with van der Waals surface area (Å²) < 4.78 is 0. The second kappa shape index (κ2) is 5.20. The molecule has 2 N–H and O–H groups in total. The van der Waals surface area contributed by atoms with Gasteiger partial charge in [-0.05, 0) is 5.41 Å². The van der Waals surface area contributed by atoms with Crippen LogP contribution in [0.25, 0.3) is 0 Å². The molecule has 1 rings (SSSR count). The summed E-state index contributed by atoms with van der Waals surface area (Å²) >= 11 is 0. The lowest BCUT2D eigenvalue weighted by atomic mass is 9.80. The van der Waals surface area contributed by atoms with Crippen LogP contribution in [0, 0.1) is 11.3 Å². The topological polar surface area (TPSA) is 86.3 Å². The maximum absolute atomic E-state index is 12.2. The zero-order valence-corrected chi connectivity index (χ0v) is 11.1. The van der Waals surface area contributed by atoms with Gasteiger partial charge < -0.3 is 15.0 Å². The van der Waals surface area contributed by atoms with Gasteiger partial charge in [0.15, 0.2) is 0 Å². The van der Waals surface area contributed by atoms with E-state index in [2.05, 4.69) is 9.97 Å². The fourth-order valence-electron chi connectivity index (χ4n) is 1.75. The van der Waals surface area contributed by atoms with E-state index < -0.39 is 23.2 Å². The van der Waals surface area contributed by atoms with Crippen LogP contribution in [-0.2, 0) is 16.1 Å². The van der Waals surface area contributed by atoms with E-state index in [1.165, 1.54) is 4.90 Å². The van der Waals surface area contributed by atoms with E-state index in [-0.39, 0.29) is 6.54 Å². The summed E-state index contributed by atoms with van der Waals surface area (Å²) in [6, 6.07) is 0. The third-order valence-electron chi connectivity index (χ3n) is 2.68. The van der Waals surface area contributed by atoms with Gasteiger partial charge in [-0.15, -0.1) is 0 Å². The molecule has 0 radical (unpaired) electrons. The number of carboxylic acid groups (broad SMARTS) is 1. The van der Waals surface area contributed by atoms with Crippen LogP contribution in [0.2, 0.25) is 0 Å². The SMILES string of the molecule is CN(Cc1ncc[nH]1)C(=O)C(C(=O)O)C(C)(C)C. The van der Waals surface area contributed by atoms with E-state index in [9.17, 15) is 14.7 Å². The monoisotopic (exact) mass is 253 g/mol. The summed E-state index contributed by atoms with van der Waals surface area (Å²) in [6.45, 7) is 5.49. The Labute approximate surface area is 106 Å².